The first-order chi connectivity index (χ1) is 28.0. The number of para-hydroxylation sites is 4. The van der Waals surface area contributed by atoms with Crippen molar-refractivity contribution in [3.05, 3.63) is 175 Å². The third kappa shape index (κ3) is 7.01. The molecule has 2 unspecified atom stereocenters. The van der Waals surface area contributed by atoms with E-state index in [1.54, 1.807) is 0 Å². The Morgan fingerprint density at radius 1 is 0.526 bits per heavy atom. The van der Waals surface area contributed by atoms with E-state index in [1.165, 1.54) is 82.2 Å². The number of nitrogens with zero attached hydrogens (tertiary/aromatic N) is 3. The molecule has 0 spiro atoms. The van der Waals surface area contributed by atoms with Crippen LogP contribution >= 0.6 is 0 Å². The fourth-order valence-corrected chi connectivity index (χ4v) is 10.2. The summed E-state index contributed by atoms with van der Waals surface area (Å²) in [5, 5.41) is 2.38. The largest absolute Gasteiger partial charge is 0.310 e. The van der Waals surface area contributed by atoms with Crippen LogP contribution in [-0.4, -0.2) is 9.97 Å². The van der Waals surface area contributed by atoms with Crippen molar-refractivity contribution >= 4 is 38.9 Å². The summed E-state index contributed by atoms with van der Waals surface area (Å²) in [5.41, 5.74) is 14.5. The van der Waals surface area contributed by atoms with Gasteiger partial charge in [-0.15, -0.1) is 0 Å². The van der Waals surface area contributed by atoms with E-state index in [0.717, 1.165) is 63.6 Å². The number of aryl methyl sites for hydroxylation is 2. The highest BCUT2D eigenvalue weighted by Gasteiger charge is 2.39. The molecular weight excluding hydrogens is 691 g/mol. The molecule has 4 atom stereocenters. The summed E-state index contributed by atoms with van der Waals surface area (Å²) < 4.78 is 0. The van der Waals surface area contributed by atoms with Crippen molar-refractivity contribution in [2.24, 2.45) is 23.7 Å². The van der Waals surface area contributed by atoms with Gasteiger partial charge in [-0.3, -0.25) is 0 Å². The van der Waals surface area contributed by atoms with Crippen molar-refractivity contribution in [2.45, 2.75) is 52.4 Å². The van der Waals surface area contributed by atoms with Gasteiger partial charge < -0.3 is 4.90 Å². The molecule has 0 N–H and O–H groups in total. The van der Waals surface area contributed by atoms with Crippen molar-refractivity contribution in [3.8, 4) is 33.6 Å². The van der Waals surface area contributed by atoms with E-state index < -0.39 is 0 Å². The third-order valence-electron chi connectivity index (χ3n) is 12.9. The van der Waals surface area contributed by atoms with Crippen molar-refractivity contribution < 1.29 is 0 Å². The zero-order valence-electron chi connectivity index (χ0n) is 33.0. The van der Waals surface area contributed by atoms with E-state index in [0.29, 0.717) is 0 Å². The first kappa shape index (κ1) is 35.4. The second-order valence-electron chi connectivity index (χ2n) is 16.8. The Morgan fingerprint density at radius 2 is 1.14 bits per heavy atom. The normalized spacial score (nSPS) is 18.9. The smallest absolute Gasteiger partial charge is 0.0973 e. The SMILES string of the molecule is Cc1ccc(-c2ccc3cc(-c4nc5ccccc5nc4-c4ccccc4)ccc3c2)cc1N(c1ccccc1)c1ccccc1CCC1C[C@@H]2CC(C)C[C@H]1C2. The van der Waals surface area contributed by atoms with Crippen LogP contribution in [0.15, 0.2) is 164 Å². The molecule has 10 rings (SSSR count). The number of rotatable bonds is 9. The zero-order valence-corrected chi connectivity index (χ0v) is 33.0. The van der Waals surface area contributed by atoms with Crippen LogP contribution in [0.2, 0.25) is 0 Å². The van der Waals surface area contributed by atoms with Gasteiger partial charge in [0.05, 0.1) is 22.4 Å². The molecule has 7 aromatic carbocycles. The van der Waals surface area contributed by atoms with E-state index >= 15 is 0 Å². The van der Waals surface area contributed by atoms with Crippen molar-refractivity contribution in [2.75, 3.05) is 4.90 Å². The minimum atomic E-state index is 0.860. The van der Waals surface area contributed by atoms with Gasteiger partial charge >= 0.3 is 0 Å². The van der Waals surface area contributed by atoms with E-state index in [1.807, 2.05) is 30.3 Å². The van der Waals surface area contributed by atoms with Gasteiger partial charge in [0.2, 0.25) is 0 Å². The highest BCUT2D eigenvalue weighted by Crippen LogP contribution is 2.50. The van der Waals surface area contributed by atoms with Crippen LogP contribution in [0.25, 0.3) is 55.4 Å². The maximum absolute atomic E-state index is 5.16. The molecule has 3 heteroatoms. The Bertz CT molecular complexity index is 2700. The van der Waals surface area contributed by atoms with Gasteiger partial charge in [-0.05, 0) is 151 Å². The van der Waals surface area contributed by atoms with Gasteiger partial charge in [-0.1, -0.05) is 122 Å². The summed E-state index contributed by atoms with van der Waals surface area (Å²) in [4.78, 5) is 12.8. The zero-order chi connectivity index (χ0) is 38.3. The lowest BCUT2D eigenvalue weighted by Crippen LogP contribution is -2.16. The van der Waals surface area contributed by atoms with Crippen LogP contribution < -0.4 is 4.90 Å². The van der Waals surface area contributed by atoms with E-state index in [4.69, 9.17) is 9.97 Å². The van der Waals surface area contributed by atoms with Gasteiger partial charge in [0.15, 0.2) is 0 Å². The lowest BCUT2D eigenvalue weighted by Gasteiger charge is -2.30. The van der Waals surface area contributed by atoms with Crippen LogP contribution in [0.5, 0.6) is 0 Å². The molecule has 2 saturated carbocycles. The Hall–Kier alpha value is -6.06. The number of aromatic nitrogens is 2. The number of benzene rings is 7. The molecular formula is C54H49N3. The monoisotopic (exact) mass is 739 g/mol. The molecule has 3 nitrogen and oxygen atoms in total. The van der Waals surface area contributed by atoms with Gasteiger partial charge in [0.1, 0.15) is 0 Å². The van der Waals surface area contributed by atoms with Crippen LogP contribution in [-0.2, 0) is 6.42 Å². The lowest BCUT2D eigenvalue weighted by atomic mass is 9.80. The maximum Gasteiger partial charge on any atom is 0.0973 e. The van der Waals surface area contributed by atoms with E-state index in [-0.39, 0.29) is 0 Å². The Balaban J connectivity index is 0.998. The number of anilines is 3. The minimum Gasteiger partial charge on any atom is -0.310 e. The summed E-state index contributed by atoms with van der Waals surface area (Å²) in [6.45, 7) is 4.72. The molecule has 0 amide bonds. The number of hydrogen-bond acceptors (Lipinski definition) is 3. The summed E-state index contributed by atoms with van der Waals surface area (Å²) in [6.07, 6.45) is 8.16. The minimum absolute atomic E-state index is 0.860. The predicted octanol–water partition coefficient (Wildman–Crippen LogP) is 14.6. The van der Waals surface area contributed by atoms with Crippen LogP contribution in [0.1, 0.15) is 50.2 Å². The second kappa shape index (κ2) is 15.1. The van der Waals surface area contributed by atoms with Crippen LogP contribution in [0.3, 0.4) is 0 Å². The summed E-state index contributed by atoms with van der Waals surface area (Å²) in [5.74, 6) is 3.63. The summed E-state index contributed by atoms with van der Waals surface area (Å²) in [6, 6.07) is 59.1. The van der Waals surface area contributed by atoms with Gasteiger partial charge in [0, 0.05) is 28.2 Å². The fourth-order valence-electron chi connectivity index (χ4n) is 10.2. The molecule has 2 aliphatic carbocycles. The molecule has 2 aliphatic rings. The molecule has 8 aromatic rings. The molecule has 0 saturated heterocycles. The Kier molecular flexibility index (Phi) is 9.38. The van der Waals surface area contributed by atoms with E-state index in [9.17, 15) is 0 Å². The average Bonchev–Trinajstić information content (AvgIpc) is 3.55. The second-order valence-corrected chi connectivity index (χ2v) is 16.8. The Morgan fingerprint density at radius 3 is 1.91 bits per heavy atom. The third-order valence-corrected chi connectivity index (χ3v) is 12.9. The molecule has 0 radical (unpaired) electrons. The first-order valence-corrected chi connectivity index (χ1v) is 20.9. The summed E-state index contributed by atoms with van der Waals surface area (Å²) in [7, 11) is 0. The fraction of sp³-hybridized carbons (Fsp3) is 0.222. The maximum atomic E-state index is 5.16. The quantitative estimate of drug-likeness (QED) is 0.148. The molecule has 2 bridgehead atoms. The molecule has 57 heavy (non-hydrogen) atoms. The van der Waals surface area contributed by atoms with Crippen molar-refractivity contribution in [1.29, 1.82) is 0 Å². The van der Waals surface area contributed by atoms with Crippen molar-refractivity contribution in [3.63, 3.8) is 0 Å². The van der Waals surface area contributed by atoms with Gasteiger partial charge in [-0.25, -0.2) is 9.97 Å². The van der Waals surface area contributed by atoms with Crippen LogP contribution in [0.4, 0.5) is 17.1 Å². The topological polar surface area (TPSA) is 29.0 Å². The first-order valence-electron chi connectivity index (χ1n) is 20.9. The molecule has 0 aliphatic heterocycles. The van der Waals surface area contributed by atoms with Gasteiger partial charge in [-0.2, -0.15) is 0 Å². The number of fused-ring (bicyclic) bond motifs is 4. The van der Waals surface area contributed by atoms with Crippen molar-refractivity contribution in [1.82, 2.24) is 9.97 Å². The molecule has 2 fully saturated rings. The van der Waals surface area contributed by atoms with Gasteiger partial charge in [0.25, 0.3) is 0 Å². The molecule has 280 valence electrons. The number of hydrogen-bond donors (Lipinski definition) is 0. The van der Waals surface area contributed by atoms with Crippen LogP contribution in [0, 0.1) is 30.6 Å². The summed E-state index contributed by atoms with van der Waals surface area (Å²) >= 11 is 0. The average molecular weight is 740 g/mol. The molecule has 1 aromatic heterocycles. The standard InChI is InChI=1S/C54H49N3/c1-36-29-38-31-41(47(30-36)32-38)24-23-39-13-9-12-20-51(39)57(48-16-7-4-8-17-48)52-35-45(22-21-37(52)2)43-25-26-44-34-46(28-27-42(44)33-43)54-53(40-14-5-3-6-15-40)55-49-18-10-11-19-50(49)56-54/h3-22,25-28,33-36,38,41,47H,23-24,29-32H2,1-2H3/t36?,38-,41?,47-/m0/s1. The molecule has 1 heterocycles. The highest BCUT2D eigenvalue weighted by molar-refractivity contribution is 5.94. The van der Waals surface area contributed by atoms with E-state index in [2.05, 4.69) is 152 Å². The predicted molar refractivity (Wildman–Crippen MR) is 239 cm³/mol. The lowest BCUT2D eigenvalue weighted by molar-refractivity contribution is 0.254. The highest BCUT2D eigenvalue weighted by atomic mass is 15.1. The Labute approximate surface area is 337 Å².